The second kappa shape index (κ2) is 11.1. The Morgan fingerprint density at radius 2 is 1.29 bits per heavy atom. The molecule has 0 aromatic heterocycles. The Morgan fingerprint density at radius 3 is 1.95 bits per heavy atom. The van der Waals surface area contributed by atoms with Crippen molar-refractivity contribution in [3.63, 3.8) is 0 Å². The standard InChI is InChI=1S/C37H25N3O/c1-39-37-34-13-7-6-12-32(34)35(25-38)33-14-8-9-27(36(33)37)18-15-26-16-19-29(20-17-26)40(28-10-4-3-5-11-28)30-21-23-31(41-2)24-22-30/h3-24H,2H3/b18-15-. The molecule has 0 saturated carbocycles. The lowest BCUT2D eigenvalue weighted by Crippen LogP contribution is -2.09. The highest BCUT2D eigenvalue weighted by molar-refractivity contribution is 6.17. The van der Waals surface area contributed by atoms with Crippen LogP contribution in [0.15, 0.2) is 121 Å². The Hall–Kier alpha value is -5.84. The minimum Gasteiger partial charge on any atom is -0.497 e. The topological polar surface area (TPSA) is 40.6 Å². The second-order valence-corrected chi connectivity index (χ2v) is 9.56. The summed E-state index contributed by atoms with van der Waals surface area (Å²) >= 11 is 0. The predicted octanol–water partition coefficient (Wildman–Crippen LogP) is 10.1. The highest BCUT2D eigenvalue weighted by Gasteiger charge is 2.16. The maximum Gasteiger partial charge on any atom is 0.203 e. The number of nitrogens with zero attached hydrogens (tertiary/aromatic N) is 3. The molecule has 0 atom stereocenters. The molecule has 4 heteroatoms. The lowest BCUT2D eigenvalue weighted by atomic mass is 9.92. The molecule has 0 aliphatic heterocycles. The maximum absolute atomic E-state index is 10.0. The van der Waals surface area contributed by atoms with Gasteiger partial charge in [0.1, 0.15) is 11.8 Å². The summed E-state index contributed by atoms with van der Waals surface area (Å²) in [7, 11) is 1.67. The van der Waals surface area contributed by atoms with Gasteiger partial charge in [0.2, 0.25) is 5.69 Å². The molecule has 0 heterocycles. The number of para-hydroxylation sites is 1. The van der Waals surface area contributed by atoms with Gasteiger partial charge in [-0.15, -0.1) is 0 Å². The first kappa shape index (κ1) is 25.4. The minimum atomic E-state index is 0.572. The molecule has 0 bridgehead atoms. The van der Waals surface area contributed by atoms with Gasteiger partial charge in [0.05, 0.1) is 19.2 Å². The molecular formula is C37H25N3O. The number of fused-ring (bicyclic) bond motifs is 2. The fourth-order valence-electron chi connectivity index (χ4n) is 5.28. The molecular weight excluding hydrogens is 502 g/mol. The van der Waals surface area contributed by atoms with Crippen molar-refractivity contribution in [2.75, 3.05) is 12.0 Å². The van der Waals surface area contributed by atoms with Crippen molar-refractivity contribution < 1.29 is 4.74 Å². The SMILES string of the molecule is [C-]#[N+]c1c2ccccc2c(C#N)c2cccc(/C=C\c3ccc(N(c4ccccc4)c4ccc(OC)cc4)cc3)c12. The van der Waals surface area contributed by atoms with Crippen molar-refractivity contribution >= 4 is 56.4 Å². The molecule has 0 fully saturated rings. The van der Waals surface area contributed by atoms with Crippen LogP contribution in [0.1, 0.15) is 16.7 Å². The zero-order chi connectivity index (χ0) is 28.2. The summed E-state index contributed by atoms with van der Waals surface area (Å²) in [4.78, 5) is 6.11. The number of hydrogen-bond donors (Lipinski definition) is 0. The normalized spacial score (nSPS) is 10.9. The predicted molar refractivity (Wildman–Crippen MR) is 169 cm³/mol. The second-order valence-electron chi connectivity index (χ2n) is 9.56. The first-order chi connectivity index (χ1) is 20.2. The molecule has 0 amide bonds. The van der Waals surface area contributed by atoms with E-state index in [1.807, 2.05) is 97.1 Å². The fraction of sp³-hybridized carbons (Fsp3) is 0.0270. The largest absolute Gasteiger partial charge is 0.497 e. The van der Waals surface area contributed by atoms with Crippen molar-refractivity contribution in [2.24, 2.45) is 0 Å². The third kappa shape index (κ3) is 4.76. The minimum absolute atomic E-state index is 0.572. The maximum atomic E-state index is 10.0. The smallest absolute Gasteiger partial charge is 0.203 e. The number of rotatable bonds is 6. The molecule has 0 saturated heterocycles. The molecule has 6 aromatic carbocycles. The summed E-state index contributed by atoms with van der Waals surface area (Å²) in [5, 5.41) is 13.2. The molecule has 4 nitrogen and oxygen atoms in total. The number of anilines is 3. The van der Waals surface area contributed by atoms with E-state index in [1.54, 1.807) is 7.11 Å². The summed E-state index contributed by atoms with van der Waals surface area (Å²) in [6.07, 6.45) is 4.08. The summed E-state index contributed by atoms with van der Waals surface area (Å²) < 4.78 is 5.36. The molecule has 0 spiro atoms. The van der Waals surface area contributed by atoms with E-state index in [2.05, 4.69) is 52.2 Å². The summed E-state index contributed by atoms with van der Waals surface area (Å²) in [6, 6.07) is 42.6. The summed E-state index contributed by atoms with van der Waals surface area (Å²) in [5.41, 5.74) is 6.23. The van der Waals surface area contributed by atoms with E-state index in [0.29, 0.717) is 11.3 Å². The van der Waals surface area contributed by atoms with E-state index in [-0.39, 0.29) is 0 Å². The van der Waals surface area contributed by atoms with Gasteiger partial charge >= 0.3 is 0 Å². The van der Waals surface area contributed by atoms with Gasteiger partial charge in [0, 0.05) is 17.1 Å². The Balaban J connectivity index is 1.39. The molecule has 0 unspecified atom stereocenters. The average molecular weight is 528 g/mol. The average Bonchev–Trinajstić information content (AvgIpc) is 3.04. The van der Waals surface area contributed by atoms with Crippen molar-refractivity contribution in [2.45, 2.75) is 0 Å². The van der Waals surface area contributed by atoms with Crippen LogP contribution in [0.5, 0.6) is 5.75 Å². The molecule has 194 valence electrons. The fourth-order valence-corrected chi connectivity index (χ4v) is 5.28. The Morgan fingerprint density at radius 1 is 0.683 bits per heavy atom. The van der Waals surface area contributed by atoms with Crippen LogP contribution in [0.2, 0.25) is 0 Å². The van der Waals surface area contributed by atoms with Crippen molar-refractivity contribution in [3.05, 3.63) is 149 Å². The molecule has 6 rings (SSSR count). The van der Waals surface area contributed by atoms with Crippen molar-refractivity contribution in [3.8, 4) is 11.8 Å². The Labute approximate surface area is 239 Å². The number of benzene rings is 6. The van der Waals surface area contributed by atoms with Crippen LogP contribution < -0.4 is 9.64 Å². The van der Waals surface area contributed by atoms with Crippen LogP contribution in [-0.2, 0) is 0 Å². The van der Waals surface area contributed by atoms with Gasteiger partial charge < -0.3 is 9.64 Å². The van der Waals surface area contributed by atoms with E-state index in [9.17, 15) is 5.26 Å². The highest BCUT2D eigenvalue weighted by Crippen LogP contribution is 2.41. The third-order valence-corrected chi connectivity index (χ3v) is 7.23. The van der Waals surface area contributed by atoms with E-state index in [0.717, 1.165) is 55.5 Å². The van der Waals surface area contributed by atoms with Gasteiger partial charge in [-0.25, -0.2) is 4.85 Å². The van der Waals surface area contributed by atoms with Crippen LogP contribution in [0.4, 0.5) is 22.7 Å². The van der Waals surface area contributed by atoms with Gasteiger partial charge in [-0.2, -0.15) is 5.26 Å². The first-order valence-electron chi connectivity index (χ1n) is 13.2. The van der Waals surface area contributed by atoms with Gasteiger partial charge in [-0.05, 0) is 81.2 Å². The number of hydrogen-bond acceptors (Lipinski definition) is 3. The summed E-state index contributed by atoms with van der Waals surface area (Å²) in [5.74, 6) is 0.812. The highest BCUT2D eigenvalue weighted by atomic mass is 16.5. The zero-order valence-electron chi connectivity index (χ0n) is 22.5. The molecule has 0 aliphatic carbocycles. The van der Waals surface area contributed by atoms with Gasteiger partial charge in [0.25, 0.3) is 0 Å². The Kier molecular flexibility index (Phi) is 6.89. The third-order valence-electron chi connectivity index (χ3n) is 7.23. The van der Waals surface area contributed by atoms with Crippen molar-refractivity contribution in [1.82, 2.24) is 0 Å². The number of methoxy groups -OCH3 is 1. The summed E-state index contributed by atoms with van der Waals surface area (Å²) in [6.45, 7) is 7.96. The molecule has 0 aliphatic rings. The Bertz CT molecular complexity index is 1980. The molecule has 0 N–H and O–H groups in total. The van der Waals surface area contributed by atoms with Crippen LogP contribution >= 0.6 is 0 Å². The van der Waals surface area contributed by atoms with E-state index in [1.165, 1.54) is 0 Å². The van der Waals surface area contributed by atoms with E-state index < -0.39 is 0 Å². The van der Waals surface area contributed by atoms with Crippen LogP contribution in [-0.4, -0.2) is 7.11 Å². The first-order valence-corrected chi connectivity index (χ1v) is 13.2. The number of ether oxygens (including phenoxy) is 1. The van der Waals surface area contributed by atoms with Gasteiger partial charge in [-0.3, -0.25) is 0 Å². The van der Waals surface area contributed by atoms with Gasteiger partial charge in [0.15, 0.2) is 0 Å². The van der Waals surface area contributed by atoms with Crippen LogP contribution in [0, 0.1) is 17.9 Å². The lowest BCUT2D eigenvalue weighted by molar-refractivity contribution is 0.415. The van der Waals surface area contributed by atoms with Crippen molar-refractivity contribution in [1.29, 1.82) is 5.26 Å². The van der Waals surface area contributed by atoms with E-state index in [4.69, 9.17) is 11.3 Å². The lowest BCUT2D eigenvalue weighted by Gasteiger charge is -2.25. The monoisotopic (exact) mass is 527 g/mol. The number of nitriles is 1. The van der Waals surface area contributed by atoms with E-state index >= 15 is 0 Å². The van der Waals surface area contributed by atoms with Crippen LogP contribution in [0.25, 0.3) is 38.5 Å². The molecule has 41 heavy (non-hydrogen) atoms. The zero-order valence-corrected chi connectivity index (χ0v) is 22.5. The quantitative estimate of drug-likeness (QED) is 0.123. The molecule has 6 aromatic rings. The van der Waals surface area contributed by atoms with Gasteiger partial charge in [-0.1, -0.05) is 84.9 Å². The molecule has 0 radical (unpaired) electrons. The van der Waals surface area contributed by atoms with Crippen LogP contribution in [0.3, 0.4) is 0 Å².